The van der Waals surface area contributed by atoms with E-state index < -0.39 is 5.91 Å². The number of nitrogen functional groups attached to an aromatic ring is 1. The number of primary amides is 1. The summed E-state index contributed by atoms with van der Waals surface area (Å²) in [5, 5.41) is 3.61. The smallest absolute Gasteiger partial charge is 0.250 e. The van der Waals surface area contributed by atoms with Gasteiger partial charge >= 0.3 is 0 Å². The lowest BCUT2D eigenvalue weighted by Crippen LogP contribution is -2.19. The minimum absolute atomic E-state index is 0.438. The Kier molecular flexibility index (Phi) is 4.49. The van der Waals surface area contributed by atoms with Crippen LogP contribution < -0.4 is 16.8 Å². The summed E-state index contributed by atoms with van der Waals surface area (Å²) in [4.78, 5) is 11.2. The van der Waals surface area contributed by atoms with Crippen molar-refractivity contribution >= 4 is 29.0 Å². The average Bonchev–Trinajstić information content (AvgIpc) is 2.26. The van der Waals surface area contributed by atoms with Crippen LogP contribution in [0.5, 0.6) is 0 Å². The zero-order valence-corrected chi connectivity index (χ0v) is 10.3. The van der Waals surface area contributed by atoms with Gasteiger partial charge in [0.2, 0.25) is 0 Å². The standard InChI is InChI=1S/C11H17N3OS/c1-7(16-2)6-14-10-8(11(13)15)4-3-5-9(10)12/h3-5,7,14H,6,12H2,1-2H3,(H2,13,15). The Labute approximate surface area is 99.8 Å². The van der Waals surface area contributed by atoms with Crippen molar-refractivity contribution in [1.29, 1.82) is 0 Å². The molecule has 5 heteroatoms. The van der Waals surface area contributed by atoms with Crippen molar-refractivity contribution in [3.63, 3.8) is 0 Å². The van der Waals surface area contributed by atoms with Crippen molar-refractivity contribution in [1.82, 2.24) is 0 Å². The van der Waals surface area contributed by atoms with E-state index in [9.17, 15) is 4.79 Å². The minimum atomic E-state index is -0.466. The molecule has 0 saturated heterocycles. The highest BCUT2D eigenvalue weighted by Gasteiger charge is 2.11. The van der Waals surface area contributed by atoms with Gasteiger partial charge in [0, 0.05) is 11.8 Å². The molecule has 0 saturated carbocycles. The van der Waals surface area contributed by atoms with E-state index in [1.807, 2.05) is 6.26 Å². The van der Waals surface area contributed by atoms with Gasteiger partial charge in [-0.25, -0.2) is 0 Å². The van der Waals surface area contributed by atoms with Crippen molar-refractivity contribution in [2.45, 2.75) is 12.2 Å². The second-order valence-corrected chi connectivity index (χ2v) is 4.84. The van der Waals surface area contributed by atoms with Crippen LogP contribution in [0.25, 0.3) is 0 Å². The Balaban J connectivity index is 2.88. The predicted molar refractivity (Wildman–Crippen MR) is 70.8 cm³/mol. The third-order valence-electron chi connectivity index (χ3n) is 2.33. The Bertz CT molecular complexity index is 381. The molecule has 0 aliphatic carbocycles. The maximum Gasteiger partial charge on any atom is 0.250 e. The van der Waals surface area contributed by atoms with Gasteiger partial charge in [0.15, 0.2) is 0 Å². The summed E-state index contributed by atoms with van der Waals surface area (Å²) in [6.45, 7) is 2.84. The molecule has 0 fully saturated rings. The molecule has 5 N–H and O–H groups in total. The molecule has 1 rings (SSSR count). The van der Waals surface area contributed by atoms with E-state index in [2.05, 4.69) is 12.2 Å². The first kappa shape index (κ1) is 12.7. The molecule has 0 radical (unpaired) electrons. The maximum atomic E-state index is 11.2. The largest absolute Gasteiger partial charge is 0.397 e. The summed E-state index contributed by atoms with van der Waals surface area (Å²) in [6, 6.07) is 5.14. The normalized spacial score (nSPS) is 12.1. The van der Waals surface area contributed by atoms with Gasteiger partial charge in [-0.15, -0.1) is 0 Å². The van der Waals surface area contributed by atoms with Crippen LogP contribution in [0, 0.1) is 0 Å². The lowest BCUT2D eigenvalue weighted by Gasteiger charge is -2.15. The Morgan fingerprint density at radius 1 is 1.56 bits per heavy atom. The first-order valence-electron chi connectivity index (χ1n) is 5.01. The summed E-state index contributed by atoms with van der Waals surface area (Å²) in [7, 11) is 0. The molecule has 0 heterocycles. The Morgan fingerprint density at radius 3 is 2.81 bits per heavy atom. The topological polar surface area (TPSA) is 81.1 Å². The molecule has 16 heavy (non-hydrogen) atoms. The van der Waals surface area contributed by atoms with Crippen molar-refractivity contribution in [2.75, 3.05) is 23.9 Å². The monoisotopic (exact) mass is 239 g/mol. The molecule has 1 atom stereocenters. The SMILES string of the molecule is CSC(C)CNc1c(N)cccc1C(N)=O. The van der Waals surface area contributed by atoms with Crippen LogP contribution in [-0.4, -0.2) is 24.0 Å². The molecule has 0 bridgehead atoms. The fourth-order valence-corrected chi connectivity index (χ4v) is 1.55. The first-order chi connectivity index (χ1) is 7.56. The highest BCUT2D eigenvalue weighted by atomic mass is 32.2. The van der Waals surface area contributed by atoms with E-state index in [1.165, 1.54) is 0 Å². The molecular weight excluding hydrogens is 222 g/mol. The molecule has 4 nitrogen and oxygen atoms in total. The molecule has 1 amide bonds. The zero-order chi connectivity index (χ0) is 12.1. The quantitative estimate of drug-likeness (QED) is 0.681. The van der Waals surface area contributed by atoms with Gasteiger partial charge in [-0.1, -0.05) is 13.0 Å². The van der Waals surface area contributed by atoms with Gasteiger partial charge < -0.3 is 16.8 Å². The second kappa shape index (κ2) is 5.65. The van der Waals surface area contributed by atoms with Crippen LogP contribution in [0.2, 0.25) is 0 Å². The number of amides is 1. The van der Waals surface area contributed by atoms with E-state index in [0.29, 0.717) is 22.2 Å². The molecule has 1 aromatic carbocycles. The van der Waals surface area contributed by atoms with Crippen molar-refractivity contribution in [2.24, 2.45) is 5.73 Å². The van der Waals surface area contributed by atoms with Gasteiger partial charge in [-0.05, 0) is 18.4 Å². The van der Waals surface area contributed by atoms with Crippen molar-refractivity contribution < 1.29 is 4.79 Å². The summed E-state index contributed by atoms with van der Waals surface area (Å²) in [6.07, 6.45) is 2.04. The minimum Gasteiger partial charge on any atom is -0.397 e. The summed E-state index contributed by atoms with van der Waals surface area (Å²) in [5.74, 6) is -0.466. The molecule has 1 unspecified atom stereocenters. The van der Waals surface area contributed by atoms with Crippen LogP contribution in [0.15, 0.2) is 18.2 Å². The van der Waals surface area contributed by atoms with Gasteiger partial charge in [0.1, 0.15) is 0 Å². The molecule has 0 aromatic heterocycles. The first-order valence-corrected chi connectivity index (χ1v) is 6.30. The highest BCUT2D eigenvalue weighted by Crippen LogP contribution is 2.23. The molecule has 0 aliphatic heterocycles. The van der Waals surface area contributed by atoms with Gasteiger partial charge in [-0.2, -0.15) is 11.8 Å². The van der Waals surface area contributed by atoms with Crippen molar-refractivity contribution in [3.8, 4) is 0 Å². The fraction of sp³-hybridized carbons (Fsp3) is 0.364. The van der Waals surface area contributed by atoms with Crippen LogP contribution in [0.1, 0.15) is 17.3 Å². The number of nitrogens with two attached hydrogens (primary N) is 2. The van der Waals surface area contributed by atoms with Gasteiger partial charge in [0.25, 0.3) is 5.91 Å². The lowest BCUT2D eigenvalue weighted by molar-refractivity contribution is 0.100. The predicted octanol–water partition coefficient (Wildman–Crippen LogP) is 1.53. The van der Waals surface area contributed by atoms with E-state index in [4.69, 9.17) is 11.5 Å². The highest BCUT2D eigenvalue weighted by molar-refractivity contribution is 7.99. The number of carbonyl (C=O) groups is 1. The molecule has 0 aliphatic rings. The number of carbonyl (C=O) groups excluding carboxylic acids is 1. The van der Waals surface area contributed by atoms with E-state index >= 15 is 0 Å². The number of rotatable bonds is 5. The van der Waals surface area contributed by atoms with Gasteiger partial charge in [-0.3, -0.25) is 4.79 Å². The Hall–Kier alpha value is -1.36. The fourth-order valence-electron chi connectivity index (χ4n) is 1.30. The number of hydrogen-bond acceptors (Lipinski definition) is 4. The van der Waals surface area contributed by atoms with E-state index in [-0.39, 0.29) is 0 Å². The summed E-state index contributed by atoms with van der Waals surface area (Å²) in [5.41, 5.74) is 12.7. The third kappa shape index (κ3) is 3.06. The maximum absolute atomic E-state index is 11.2. The van der Waals surface area contributed by atoms with Crippen molar-refractivity contribution in [3.05, 3.63) is 23.8 Å². The average molecular weight is 239 g/mol. The number of thioether (sulfide) groups is 1. The molecule has 88 valence electrons. The van der Waals surface area contributed by atoms with Crippen LogP contribution in [-0.2, 0) is 0 Å². The van der Waals surface area contributed by atoms with Crippen LogP contribution in [0.3, 0.4) is 0 Å². The van der Waals surface area contributed by atoms with Crippen LogP contribution in [0.4, 0.5) is 11.4 Å². The number of para-hydroxylation sites is 1. The Morgan fingerprint density at radius 2 is 2.25 bits per heavy atom. The second-order valence-electron chi connectivity index (χ2n) is 3.56. The summed E-state index contributed by atoms with van der Waals surface area (Å²) >= 11 is 1.74. The molecular formula is C11H17N3OS. The molecule has 1 aromatic rings. The van der Waals surface area contributed by atoms with Gasteiger partial charge in [0.05, 0.1) is 16.9 Å². The van der Waals surface area contributed by atoms with E-state index in [0.717, 1.165) is 6.54 Å². The number of benzene rings is 1. The molecule has 0 spiro atoms. The summed E-state index contributed by atoms with van der Waals surface area (Å²) < 4.78 is 0. The third-order valence-corrected chi connectivity index (χ3v) is 3.30. The number of anilines is 2. The number of nitrogens with one attached hydrogen (secondary N) is 1. The zero-order valence-electron chi connectivity index (χ0n) is 9.49. The number of hydrogen-bond donors (Lipinski definition) is 3. The van der Waals surface area contributed by atoms with E-state index in [1.54, 1.807) is 30.0 Å². The lowest BCUT2D eigenvalue weighted by atomic mass is 10.1. The van der Waals surface area contributed by atoms with Crippen LogP contribution >= 0.6 is 11.8 Å².